The Morgan fingerprint density at radius 1 is 1.04 bits per heavy atom. The number of thiophene rings is 1. The summed E-state index contributed by atoms with van der Waals surface area (Å²) in [7, 11) is -3.55. The van der Waals surface area contributed by atoms with Crippen LogP contribution in [0.15, 0.2) is 51.1 Å². The summed E-state index contributed by atoms with van der Waals surface area (Å²) in [5.41, 5.74) is 0. The summed E-state index contributed by atoms with van der Waals surface area (Å²) >= 11 is 4.58. The van der Waals surface area contributed by atoms with Gasteiger partial charge in [0.15, 0.2) is 0 Å². The van der Waals surface area contributed by atoms with Crippen LogP contribution in [0.4, 0.5) is 0 Å². The van der Waals surface area contributed by atoms with E-state index in [1.165, 1.54) is 15.6 Å². The third kappa shape index (κ3) is 4.75. The van der Waals surface area contributed by atoms with Gasteiger partial charge in [0.2, 0.25) is 15.9 Å². The molecule has 1 aliphatic heterocycles. The Labute approximate surface area is 170 Å². The zero-order valence-corrected chi connectivity index (χ0v) is 17.5. The minimum absolute atomic E-state index is 0.111. The number of amides is 2. The van der Waals surface area contributed by atoms with Gasteiger partial charge in [-0.15, -0.1) is 11.3 Å². The van der Waals surface area contributed by atoms with Crippen LogP contribution >= 0.6 is 27.3 Å². The molecule has 0 unspecified atom stereocenters. The van der Waals surface area contributed by atoms with Crippen molar-refractivity contribution in [3.8, 4) is 0 Å². The van der Waals surface area contributed by atoms with E-state index in [1.807, 2.05) is 0 Å². The first-order valence-electron chi connectivity index (χ1n) is 8.24. The molecule has 1 aliphatic rings. The number of halogens is 1. The minimum atomic E-state index is -3.55. The highest BCUT2D eigenvalue weighted by Crippen LogP contribution is 2.22. The number of sulfonamides is 1. The molecule has 2 amide bonds. The lowest BCUT2D eigenvalue weighted by Crippen LogP contribution is -2.52. The van der Waals surface area contributed by atoms with Gasteiger partial charge >= 0.3 is 0 Å². The number of carbonyl (C=O) groups is 2. The predicted octanol–water partition coefficient (Wildman–Crippen LogP) is 1.77. The zero-order valence-electron chi connectivity index (χ0n) is 14.3. The summed E-state index contributed by atoms with van der Waals surface area (Å²) in [6.07, 6.45) is 0. The van der Waals surface area contributed by atoms with Crippen LogP contribution in [-0.2, 0) is 14.8 Å². The standard InChI is InChI=1S/C17H18BrN3O4S2/c18-15-7-6-14(26-15)17(23)19-12-16(22)20-8-10-21(11-9-20)27(24,25)13-4-2-1-3-5-13/h1-7H,8-12H2,(H,19,23). The van der Waals surface area contributed by atoms with E-state index in [9.17, 15) is 18.0 Å². The van der Waals surface area contributed by atoms with Gasteiger partial charge in [-0.05, 0) is 40.2 Å². The maximum absolute atomic E-state index is 12.6. The monoisotopic (exact) mass is 471 g/mol. The summed E-state index contributed by atoms with van der Waals surface area (Å²) in [5, 5.41) is 2.60. The Hall–Kier alpha value is -1.75. The van der Waals surface area contributed by atoms with Gasteiger partial charge in [0.1, 0.15) is 0 Å². The normalized spacial score (nSPS) is 15.5. The van der Waals surface area contributed by atoms with Crippen molar-refractivity contribution in [2.75, 3.05) is 32.7 Å². The van der Waals surface area contributed by atoms with Crippen LogP contribution < -0.4 is 5.32 Å². The van der Waals surface area contributed by atoms with Crippen LogP contribution in [0.1, 0.15) is 9.67 Å². The number of hydrogen-bond acceptors (Lipinski definition) is 5. The lowest BCUT2D eigenvalue weighted by molar-refractivity contribution is -0.131. The maximum atomic E-state index is 12.6. The highest BCUT2D eigenvalue weighted by atomic mass is 79.9. The molecule has 1 aromatic carbocycles. The number of nitrogens with one attached hydrogen (secondary N) is 1. The smallest absolute Gasteiger partial charge is 0.261 e. The van der Waals surface area contributed by atoms with E-state index in [0.29, 0.717) is 18.0 Å². The largest absolute Gasteiger partial charge is 0.342 e. The fourth-order valence-electron chi connectivity index (χ4n) is 2.71. The molecule has 10 heteroatoms. The van der Waals surface area contributed by atoms with Crippen LogP contribution in [0.2, 0.25) is 0 Å². The fraction of sp³-hybridized carbons (Fsp3) is 0.294. The first-order chi connectivity index (χ1) is 12.9. The van der Waals surface area contributed by atoms with Gasteiger partial charge in [0.05, 0.1) is 20.1 Å². The van der Waals surface area contributed by atoms with Gasteiger partial charge in [0.25, 0.3) is 5.91 Å². The van der Waals surface area contributed by atoms with E-state index >= 15 is 0 Å². The molecule has 1 N–H and O–H groups in total. The molecule has 0 radical (unpaired) electrons. The quantitative estimate of drug-likeness (QED) is 0.719. The van der Waals surface area contributed by atoms with Crippen molar-refractivity contribution >= 4 is 49.1 Å². The van der Waals surface area contributed by atoms with Gasteiger partial charge in [0, 0.05) is 26.2 Å². The lowest BCUT2D eigenvalue weighted by Gasteiger charge is -2.34. The molecule has 2 heterocycles. The van der Waals surface area contributed by atoms with Crippen molar-refractivity contribution < 1.29 is 18.0 Å². The summed E-state index contributed by atoms with van der Waals surface area (Å²) < 4.78 is 27.4. The molecule has 2 aromatic rings. The van der Waals surface area contributed by atoms with Crippen molar-refractivity contribution in [3.63, 3.8) is 0 Å². The van der Waals surface area contributed by atoms with Crippen molar-refractivity contribution in [1.29, 1.82) is 0 Å². The van der Waals surface area contributed by atoms with E-state index in [4.69, 9.17) is 0 Å². The van der Waals surface area contributed by atoms with Crippen LogP contribution in [0.3, 0.4) is 0 Å². The number of benzene rings is 1. The molecule has 0 bridgehead atoms. The molecular formula is C17H18BrN3O4S2. The van der Waals surface area contributed by atoms with Gasteiger partial charge in [-0.25, -0.2) is 8.42 Å². The second kappa shape index (κ2) is 8.51. The Kier molecular flexibility index (Phi) is 6.30. The van der Waals surface area contributed by atoms with Gasteiger partial charge in [-0.1, -0.05) is 18.2 Å². The van der Waals surface area contributed by atoms with Crippen molar-refractivity contribution in [3.05, 3.63) is 51.1 Å². The first kappa shape index (κ1) is 20.0. The highest BCUT2D eigenvalue weighted by molar-refractivity contribution is 9.11. The average molecular weight is 472 g/mol. The molecule has 0 atom stereocenters. The molecular weight excluding hydrogens is 454 g/mol. The number of rotatable bonds is 5. The number of carbonyl (C=O) groups excluding carboxylic acids is 2. The third-order valence-corrected chi connectivity index (χ3v) is 7.70. The molecule has 3 rings (SSSR count). The lowest BCUT2D eigenvalue weighted by atomic mass is 10.3. The van der Waals surface area contributed by atoms with Gasteiger partial charge in [-0.2, -0.15) is 4.31 Å². The van der Waals surface area contributed by atoms with E-state index in [2.05, 4.69) is 21.2 Å². The molecule has 1 fully saturated rings. The summed E-state index contributed by atoms with van der Waals surface area (Å²) in [6.45, 7) is 0.944. The third-order valence-electron chi connectivity index (χ3n) is 4.17. The van der Waals surface area contributed by atoms with Crippen molar-refractivity contribution in [2.45, 2.75) is 4.90 Å². The molecule has 0 spiro atoms. The summed E-state index contributed by atoms with van der Waals surface area (Å²) in [5.74, 6) is -0.528. The summed E-state index contributed by atoms with van der Waals surface area (Å²) in [4.78, 5) is 26.7. The van der Waals surface area contributed by atoms with Crippen LogP contribution in [0.25, 0.3) is 0 Å². The fourth-order valence-corrected chi connectivity index (χ4v) is 5.46. The summed E-state index contributed by atoms with van der Waals surface area (Å²) in [6, 6.07) is 11.7. The van der Waals surface area contributed by atoms with Crippen LogP contribution in [0, 0.1) is 0 Å². The molecule has 1 saturated heterocycles. The number of piperazine rings is 1. The SMILES string of the molecule is O=C(NCC(=O)N1CCN(S(=O)(=O)c2ccccc2)CC1)c1ccc(Br)s1. The Bertz CT molecular complexity index is 923. The van der Waals surface area contributed by atoms with E-state index in [0.717, 1.165) is 3.79 Å². The molecule has 7 nitrogen and oxygen atoms in total. The average Bonchev–Trinajstić information content (AvgIpc) is 3.13. The molecule has 144 valence electrons. The molecule has 1 aromatic heterocycles. The first-order valence-corrected chi connectivity index (χ1v) is 11.3. The van der Waals surface area contributed by atoms with Crippen molar-refractivity contribution in [1.82, 2.24) is 14.5 Å². The van der Waals surface area contributed by atoms with Crippen molar-refractivity contribution in [2.24, 2.45) is 0 Å². The van der Waals surface area contributed by atoms with E-state index < -0.39 is 10.0 Å². The van der Waals surface area contributed by atoms with Gasteiger partial charge < -0.3 is 10.2 Å². The van der Waals surface area contributed by atoms with E-state index in [-0.39, 0.29) is 36.3 Å². The molecule has 27 heavy (non-hydrogen) atoms. The zero-order chi connectivity index (χ0) is 19.4. The van der Waals surface area contributed by atoms with Crippen LogP contribution in [0.5, 0.6) is 0 Å². The number of hydrogen-bond donors (Lipinski definition) is 1. The molecule has 0 aliphatic carbocycles. The van der Waals surface area contributed by atoms with Crippen LogP contribution in [-0.4, -0.2) is 62.2 Å². The number of nitrogens with zero attached hydrogens (tertiary/aromatic N) is 2. The second-order valence-electron chi connectivity index (χ2n) is 5.88. The predicted molar refractivity (Wildman–Crippen MR) is 106 cm³/mol. The molecule has 0 saturated carbocycles. The maximum Gasteiger partial charge on any atom is 0.261 e. The minimum Gasteiger partial charge on any atom is -0.342 e. The van der Waals surface area contributed by atoms with Gasteiger partial charge in [-0.3, -0.25) is 9.59 Å². The Morgan fingerprint density at radius 2 is 1.70 bits per heavy atom. The Morgan fingerprint density at radius 3 is 2.30 bits per heavy atom. The topological polar surface area (TPSA) is 86.8 Å². The highest BCUT2D eigenvalue weighted by Gasteiger charge is 2.30. The second-order valence-corrected chi connectivity index (χ2v) is 10.3. The Balaban J connectivity index is 1.51. The van der Waals surface area contributed by atoms with E-state index in [1.54, 1.807) is 47.4 Å².